The van der Waals surface area contributed by atoms with Gasteiger partial charge in [0, 0.05) is 17.1 Å². The van der Waals surface area contributed by atoms with Crippen LogP contribution in [-0.4, -0.2) is 0 Å². The number of nitrogens with zero attached hydrogens (tertiary/aromatic N) is 1. The second-order valence-electron chi connectivity index (χ2n) is 13.1. The van der Waals surface area contributed by atoms with E-state index in [2.05, 4.69) is 182 Å². The van der Waals surface area contributed by atoms with Crippen LogP contribution in [0, 0.1) is 0 Å². The molecular weight excluding hydrogens is 579 g/mol. The van der Waals surface area contributed by atoms with Gasteiger partial charge in [-0.1, -0.05) is 140 Å². The number of rotatable bonds is 4. The number of benzene rings is 8. The maximum absolute atomic E-state index is 2.39. The van der Waals surface area contributed by atoms with Crippen molar-refractivity contribution in [3.05, 3.63) is 198 Å². The Hall–Kier alpha value is -5.92. The van der Waals surface area contributed by atoms with Gasteiger partial charge in [-0.3, -0.25) is 0 Å². The molecule has 0 aliphatic heterocycles. The van der Waals surface area contributed by atoms with Gasteiger partial charge >= 0.3 is 0 Å². The lowest BCUT2D eigenvalue weighted by Crippen LogP contribution is -2.26. The molecule has 10 rings (SSSR count). The van der Waals surface area contributed by atoms with Crippen molar-refractivity contribution >= 4 is 38.6 Å². The molecule has 0 saturated carbocycles. The largest absolute Gasteiger partial charge is 0.310 e. The average Bonchev–Trinajstić information content (AvgIpc) is 3.63. The van der Waals surface area contributed by atoms with Gasteiger partial charge in [-0.05, 0) is 114 Å². The maximum Gasteiger partial charge on any atom is 0.0737 e. The molecule has 1 nitrogen and oxygen atoms in total. The molecule has 0 fully saturated rings. The molecule has 0 bridgehead atoms. The first-order valence-electron chi connectivity index (χ1n) is 17.0. The molecule has 0 aromatic heterocycles. The van der Waals surface area contributed by atoms with Gasteiger partial charge in [-0.15, -0.1) is 0 Å². The van der Waals surface area contributed by atoms with Crippen molar-refractivity contribution in [2.45, 2.75) is 18.8 Å². The van der Waals surface area contributed by atoms with Crippen molar-refractivity contribution in [3.8, 4) is 22.3 Å². The van der Waals surface area contributed by atoms with Crippen molar-refractivity contribution in [3.63, 3.8) is 0 Å². The summed E-state index contributed by atoms with van der Waals surface area (Å²) >= 11 is 0. The van der Waals surface area contributed by atoms with Gasteiger partial charge in [0.05, 0.1) is 5.41 Å². The Morgan fingerprint density at radius 3 is 1.65 bits per heavy atom. The van der Waals surface area contributed by atoms with E-state index in [1.807, 2.05) is 0 Å². The average molecular weight is 612 g/mol. The number of fused-ring (bicyclic) bond motifs is 14. The van der Waals surface area contributed by atoms with E-state index in [0.717, 1.165) is 23.5 Å². The van der Waals surface area contributed by atoms with Gasteiger partial charge in [0.25, 0.3) is 0 Å². The van der Waals surface area contributed by atoms with E-state index in [9.17, 15) is 0 Å². The van der Waals surface area contributed by atoms with E-state index in [1.165, 1.54) is 71.6 Å². The lowest BCUT2D eigenvalue weighted by Gasteiger charge is -2.32. The van der Waals surface area contributed by atoms with E-state index in [-0.39, 0.29) is 0 Å². The molecule has 1 spiro atoms. The normalized spacial score (nSPS) is 13.4. The summed E-state index contributed by atoms with van der Waals surface area (Å²) in [6, 6.07) is 63.4. The zero-order valence-corrected chi connectivity index (χ0v) is 26.8. The highest BCUT2D eigenvalue weighted by atomic mass is 15.1. The number of aryl methyl sites for hydroxylation is 1. The van der Waals surface area contributed by atoms with Gasteiger partial charge in [0.1, 0.15) is 0 Å². The predicted octanol–water partition coefficient (Wildman–Crippen LogP) is 12.4. The van der Waals surface area contributed by atoms with Gasteiger partial charge in [-0.2, -0.15) is 0 Å². The molecule has 1 heteroatoms. The SMILES string of the molecule is CCc1ccc(N(c2ccccc2)c2ccc3c4c(ccc3c2)-c2ccc3ccccc3c2C42c3ccccc3-c3ccccc32)cc1. The van der Waals surface area contributed by atoms with Crippen LogP contribution in [0.5, 0.6) is 0 Å². The summed E-state index contributed by atoms with van der Waals surface area (Å²) in [5.41, 5.74) is 15.3. The highest BCUT2D eigenvalue weighted by Gasteiger charge is 2.53. The fourth-order valence-corrected chi connectivity index (χ4v) is 8.79. The number of hydrogen-bond acceptors (Lipinski definition) is 1. The quantitative estimate of drug-likeness (QED) is 0.191. The topological polar surface area (TPSA) is 3.24 Å². The first-order chi connectivity index (χ1) is 23.8. The van der Waals surface area contributed by atoms with Crippen LogP contribution in [0.3, 0.4) is 0 Å². The first kappa shape index (κ1) is 27.2. The van der Waals surface area contributed by atoms with Crippen molar-refractivity contribution in [1.82, 2.24) is 0 Å². The molecule has 0 unspecified atom stereocenters. The third-order valence-electron chi connectivity index (χ3n) is 10.8. The highest BCUT2D eigenvalue weighted by Crippen LogP contribution is 2.65. The highest BCUT2D eigenvalue weighted by molar-refractivity contribution is 6.09. The monoisotopic (exact) mass is 611 g/mol. The molecule has 0 N–H and O–H groups in total. The molecule has 226 valence electrons. The van der Waals surface area contributed by atoms with E-state index < -0.39 is 5.41 Å². The molecule has 48 heavy (non-hydrogen) atoms. The number of hydrogen-bond donors (Lipinski definition) is 0. The summed E-state index contributed by atoms with van der Waals surface area (Å²) in [5, 5.41) is 5.16. The summed E-state index contributed by atoms with van der Waals surface area (Å²) in [5.74, 6) is 0. The van der Waals surface area contributed by atoms with Crippen LogP contribution in [0.25, 0.3) is 43.8 Å². The molecule has 2 aliphatic rings. The van der Waals surface area contributed by atoms with Crippen molar-refractivity contribution in [2.24, 2.45) is 0 Å². The van der Waals surface area contributed by atoms with Crippen LogP contribution >= 0.6 is 0 Å². The molecular formula is C47H33N. The Kier molecular flexibility index (Phi) is 5.83. The third kappa shape index (κ3) is 3.62. The molecule has 0 radical (unpaired) electrons. The van der Waals surface area contributed by atoms with Crippen LogP contribution in [0.4, 0.5) is 17.1 Å². The van der Waals surface area contributed by atoms with E-state index in [1.54, 1.807) is 0 Å². The molecule has 8 aromatic carbocycles. The molecule has 2 aliphatic carbocycles. The van der Waals surface area contributed by atoms with E-state index >= 15 is 0 Å². The first-order valence-corrected chi connectivity index (χ1v) is 17.0. The molecule has 0 saturated heterocycles. The third-order valence-corrected chi connectivity index (χ3v) is 10.8. The van der Waals surface area contributed by atoms with E-state index in [4.69, 9.17) is 0 Å². The second-order valence-corrected chi connectivity index (χ2v) is 13.1. The van der Waals surface area contributed by atoms with Crippen LogP contribution in [0.15, 0.2) is 170 Å². The summed E-state index contributed by atoms with van der Waals surface area (Å²) in [7, 11) is 0. The van der Waals surface area contributed by atoms with Crippen LogP contribution in [0.1, 0.15) is 34.7 Å². The molecule has 0 atom stereocenters. The Balaban J connectivity index is 1.28. The lowest BCUT2D eigenvalue weighted by molar-refractivity contribution is 0.809. The fourth-order valence-electron chi connectivity index (χ4n) is 8.79. The second kappa shape index (κ2) is 10.3. The van der Waals surface area contributed by atoms with Crippen molar-refractivity contribution < 1.29 is 0 Å². The van der Waals surface area contributed by atoms with Gasteiger partial charge < -0.3 is 4.90 Å². The maximum atomic E-state index is 2.39. The minimum atomic E-state index is -0.422. The summed E-state index contributed by atoms with van der Waals surface area (Å²) in [4.78, 5) is 2.38. The molecule has 0 heterocycles. The Bertz CT molecular complexity index is 2500. The lowest BCUT2D eigenvalue weighted by atomic mass is 9.68. The smallest absolute Gasteiger partial charge is 0.0737 e. The molecule has 0 amide bonds. The van der Waals surface area contributed by atoms with Crippen LogP contribution in [-0.2, 0) is 11.8 Å². The zero-order chi connectivity index (χ0) is 31.8. The van der Waals surface area contributed by atoms with Crippen molar-refractivity contribution in [1.29, 1.82) is 0 Å². The zero-order valence-electron chi connectivity index (χ0n) is 26.8. The van der Waals surface area contributed by atoms with Crippen molar-refractivity contribution in [2.75, 3.05) is 4.90 Å². The van der Waals surface area contributed by atoms with Crippen LogP contribution in [0.2, 0.25) is 0 Å². The van der Waals surface area contributed by atoms with Crippen LogP contribution < -0.4 is 4.90 Å². The summed E-state index contributed by atoms with van der Waals surface area (Å²) in [6.07, 6.45) is 1.03. The predicted molar refractivity (Wildman–Crippen MR) is 202 cm³/mol. The fraction of sp³-hybridized carbons (Fsp3) is 0.0638. The summed E-state index contributed by atoms with van der Waals surface area (Å²) < 4.78 is 0. The minimum Gasteiger partial charge on any atom is -0.310 e. The molecule has 8 aromatic rings. The minimum absolute atomic E-state index is 0.422. The standard InChI is InChI=1S/C47H33N/c1-2-31-20-24-35(25-21-31)48(34-13-4-3-5-14-34)36-26-29-38-33(30-36)23-28-42-41-27-22-32-12-6-7-15-37(32)45(41)47(46(38)42)43-18-10-8-16-39(43)40-17-9-11-19-44(40)47/h3-30H,2H2,1H3. The van der Waals surface area contributed by atoms with Gasteiger partial charge in [-0.25, -0.2) is 0 Å². The number of anilines is 3. The number of para-hydroxylation sites is 1. The Morgan fingerprint density at radius 1 is 0.417 bits per heavy atom. The van der Waals surface area contributed by atoms with Gasteiger partial charge in [0.15, 0.2) is 0 Å². The van der Waals surface area contributed by atoms with Gasteiger partial charge in [0.2, 0.25) is 0 Å². The Labute approximate surface area is 281 Å². The van der Waals surface area contributed by atoms with E-state index in [0.29, 0.717) is 0 Å². The Morgan fingerprint density at radius 2 is 0.958 bits per heavy atom. The summed E-state index contributed by atoms with van der Waals surface area (Å²) in [6.45, 7) is 2.21.